The van der Waals surface area contributed by atoms with Crippen LogP contribution < -0.4 is 3.07 Å². The molecule has 0 aliphatic rings. The summed E-state index contributed by atoms with van der Waals surface area (Å²) in [4.78, 5) is 53.4. The number of hydrogen-bond acceptors (Lipinski definition) is 9. The zero-order valence-electron chi connectivity index (χ0n) is 18.4. The maximum atomic E-state index is 11.1. The number of aromatic carboxylic acids is 3. The van der Waals surface area contributed by atoms with Gasteiger partial charge in [-0.2, -0.15) is 0 Å². The van der Waals surface area contributed by atoms with Crippen LogP contribution in [0.3, 0.4) is 0 Å². The second-order valence-corrected chi connectivity index (χ2v) is 12.1. The third-order valence-electron chi connectivity index (χ3n) is 4.23. The SMILES string of the molecule is O.O=C(O)c1cc(SSc2ccc([N+](=O)[O-])c(C(=O)O)c2)ccc1[N+](=O)[O-].O=C(O)c1cc[c]([Hg])cc1. The number of nitrogens with zero attached hydrogens (tertiary/aromatic N) is 2. The van der Waals surface area contributed by atoms with Gasteiger partial charge in [0.1, 0.15) is 11.1 Å². The van der Waals surface area contributed by atoms with Crippen molar-refractivity contribution in [3.8, 4) is 0 Å². The molecule has 0 saturated heterocycles. The molecule has 37 heavy (non-hydrogen) atoms. The van der Waals surface area contributed by atoms with Crippen LogP contribution in [0.5, 0.6) is 0 Å². The normalized spacial score (nSPS) is 9.78. The number of nitro benzene ring substituents is 2. The molecule has 0 aliphatic carbocycles. The van der Waals surface area contributed by atoms with E-state index in [0.29, 0.717) is 41.5 Å². The molecular weight excluding hydrogens is 721 g/mol. The van der Waals surface area contributed by atoms with Crippen LogP contribution in [0, 0.1) is 20.2 Å². The molecule has 3 aromatic rings. The van der Waals surface area contributed by atoms with Crippen molar-refractivity contribution in [3.63, 3.8) is 0 Å². The maximum absolute atomic E-state index is 11.1. The van der Waals surface area contributed by atoms with Gasteiger partial charge in [0.05, 0.1) is 9.85 Å². The predicted molar refractivity (Wildman–Crippen MR) is 128 cm³/mol. The molecule has 0 aliphatic heterocycles. The summed E-state index contributed by atoms with van der Waals surface area (Å²) in [5.74, 6) is -3.76. The van der Waals surface area contributed by atoms with Crippen LogP contribution in [0.2, 0.25) is 0 Å². The van der Waals surface area contributed by atoms with Crippen LogP contribution in [0.4, 0.5) is 11.4 Å². The Kier molecular flexibility index (Phi) is 12.1. The number of rotatable bonds is 8. The second kappa shape index (κ2) is 14.3. The standard InChI is InChI=1S/C14H8N2O8S2.C7H5O2.Hg.H2O/c17-13(18)9-5-7(1-3-11(9)15(21)22)25-26-8-2-4-12(16(23)24)10(6-8)14(19)20;8-7(9)6-4-2-1-3-5-6;;/h1-6H,(H,17,18)(H,19,20);2-5H,(H,8,9);;1H2. The molecule has 3 aromatic carbocycles. The van der Waals surface area contributed by atoms with E-state index >= 15 is 0 Å². The van der Waals surface area contributed by atoms with Crippen LogP contribution >= 0.6 is 21.6 Å². The summed E-state index contributed by atoms with van der Waals surface area (Å²) in [5.41, 5.74) is -1.68. The molecular formula is C21H15HgN2O11S2. The van der Waals surface area contributed by atoms with Crippen molar-refractivity contribution in [1.29, 1.82) is 0 Å². The van der Waals surface area contributed by atoms with Crippen LogP contribution in [0.15, 0.2) is 70.5 Å². The Bertz CT molecular complexity index is 1280. The van der Waals surface area contributed by atoms with Gasteiger partial charge in [-0.25, -0.2) is 9.59 Å². The van der Waals surface area contributed by atoms with Crippen LogP contribution in [-0.4, -0.2) is 48.6 Å². The van der Waals surface area contributed by atoms with E-state index in [1.165, 1.54) is 15.2 Å². The van der Waals surface area contributed by atoms with E-state index in [9.17, 15) is 34.6 Å². The predicted octanol–water partition coefficient (Wildman–Crippen LogP) is 3.43. The van der Waals surface area contributed by atoms with E-state index in [0.717, 1.165) is 45.9 Å². The first-order chi connectivity index (χ1) is 16.9. The first-order valence-electron chi connectivity index (χ1n) is 9.44. The molecule has 0 fully saturated rings. The number of carboxylic acid groups (broad SMARTS) is 3. The van der Waals surface area contributed by atoms with Crippen molar-refractivity contribution in [3.05, 3.63) is 97.6 Å². The summed E-state index contributed by atoms with van der Waals surface area (Å²) >= 11 is 0.596. The summed E-state index contributed by atoms with van der Waals surface area (Å²) in [6.07, 6.45) is 0. The molecule has 3 rings (SSSR count). The fourth-order valence-electron chi connectivity index (χ4n) is 2.54. The Hall–Kier alpha value is -3.53. The molecule has 5 N–H and O–H groups in total. The summed E-state index contributed by atoms with van der Waals surface area (Å²) < 4.78 is 1.27. The van der Waals surface area contributed by atoms with Gasteiger partial charge in [-0.05, 0) is 24.3 Å². The Morgan fingerprint density at radius 2 is 1.05 bits per heavy atom. The molecule has 13 nitrogen and oxygen atoms in total. The van der Waals surface area contributed by atoms with E-state index in [1.54, 1.807) is 12.1 Å². The Labute approximate surface area is 231 Å². The van der Waals surface area contributed by atoms with Crippen LogP contribution in [0.1, 0.15) is 31.1 Å². The van der Waals surface area contributed by atoms with E-state index < -0.39 is 50.3 Å². The van der Waals surface area contributed by atoms with Gasteiger partial charge < -0.3 is 15.7 Å². The number of benzene rings is 3. The molecule has 16 heteroatoms. The first kappa shape index (κ1) is 31.5. The first-order valence-corrected chi connectivity index (χ1v) is 14.3. The molecule has 0 amide bonds. The Balaban J connectivity index is 0.000000523. The van der Waals surface area contributed by atoms with Gasteiger partial charge in [-0.15, -0.1) is 0 Å². The quantitative estimate of drug-likeness (QED) is 0.131. The molecule has 0 spiro atoms. The molecule has 0 saturated carbocycles. The molecule has 0 unspecified atom stereocenters. The van der Waals surface area contributed by atoms with Gasteiger partial charge >= 0.3 is 86.8 Å². The minimum atomic E-state index is -1.45. The van der Waals surface area contributed by atoms with Gasteiger partial charge in [0.15, 0.2) is 0 Å². The molecule has 0 heterocycles. The minimum absolute atomic E-state index is 0. The van der Waals surface area contributed by atoms with Crippen molar-refractivity contribution >= 4 is 53.9 Å². The average Bonchev–Trinajstić information content (AvgIpc) is 2.82. The molecule has 0 radical (unpaired) electrons. The zero-order chi connectivity index (χ0) is 27.0. The monoisotopic (exact) mass is 737 g/mol. The molecule has 0 aromatic heterocycles. The van der Waals surface area contributed by atoms with Crippen LogP contribution in [0.25, 0.3) is 0 Å². The van der Waals surface area contributed by atoms with E-state index in [2.05, 4.69) is 0 Å². The summed E-state index contributed by atoms with van der Waals surface area (Å²) in [7, 11) is 2.06. The van der Waals surface area contributed by atoms with Crippen molar-refractivity contribution in [2.45, 2.75) is 9.79 Å². The van der Waals surface area contributed by atoms with Crippen molar-refractivity contribution in [2.24, 2.45) is 0 Å². The number of carbonyl (C=O) groups is 3. The van der Waals surface area contributed by atoms with Crippen molar-refractivity contribution < 1.29 is 71.1 Å². The van der Waals surface area contributed by atoms with Gasteiger partial charge in [0, 0.05) is 21.9 Å². The number of hydrogen-bond donors (Lipinski definition) is 3. The Morgan fingerprint density at radius 3 is 1.35 bits per heavy atom. The van der Waals surface area contributed by atoms with Gasteiger partial charge in [-0.3, -0.25) is 20.2 Å². The van der Waals surface area contributed by atoms with Gasteiger partial charge in [-0.1, -0.05) is 21.6 Å². The van der Waals surface area contributed by atoms with Crippen molar-refractivity contribution in [2.75, 3.05) is 0 Å². The number of nitro groups is 2. The summed E-state index contributed by atoms with van der Waals surface area (Å²) in [5, 5.41) is 48.3. The zero-order valence-corrected chi connectivity index (χ0v) is 25.5. The third-order valence-corrected chi connectivity index (χ3v) is 8.44. The molecule has 0 bridgehead atoms. The third kappa shape index (κ3) is 9.12. The average molecular weight is 736 g/mol. The molecule has 189 valence electrons. The van der Waals surface area contributed by atoms with Crippen molar-refractivity contribution in [1.82, 2.24) is 0 Å². The van der Waals surface area contributed by atoms with Gasteiger partial charge in [0.2, 0.25) is 0 Å². The van der Waals surface area contributed by atoms with Gasteiger partial charge in [0.25, 0.3) is 11.4 Å². The van der Waals surface area contributed by atoms with E-state index in [-0.39, 0.29) is 5.48 Å². The van der Waals surface area contributed by atoms with E-state index in [4.69, 9.17) is 15.3 Å². The second-order valence-electron chi connectivity index (χ2n) is 6.65. The van der Waals surface area contributed by atoms with Crippen LogP contribution in [-0.2, 0) is 26.1 Å². The number of carboxylic acids is 3. The topological polar surface area (TPSA) is 230 Å². The Morgan fingerprint density at radius 1 is 0.676 bits per heavy atom. The van der Waals surface area contributed by atoms with E-state index in [1.807, 2.05) is 12.1 Å². The summed E-state index contributed by atoms with van der Waals surface area (Å²) in [6, 6.07) is 14.1. The molecule has 0 atom stereocenters. The fourth-order valence-corrected chi connectivity index (χ4v) is 5.43. The summed E-state index contributed by atoms with van der Waals surface area (Å²) in [6.45, 7) is 0. The fraction of sp³-hybridized carbons (Fsp3) is 0.